The van der Waals surface area contributed by atoms with Gasteiger partial charge in [0, 0.05) is 12.6 Å². The number of morpholine rings is 1. The van der Waals surface area contributed by atoms with Crippen LogP contribution in [0.5, 0.6) is 0 Å². The molecule has 3 nitrogen and oxygen atoms in total. The van der Waals surface area contributed by atoms with Crippen molar-refractivity contribution in [3.8, 4) is 11.1 Å². The van der Waals surface area contributed by atoms with Gasteiger partial charge >= 0.3 is 0 Å². The smallest absolute Gasteiger partial charge is 0.123 e. The monoisotopic (exact) mass is 301 g/mol. The van der Waals surface area contributed by atoms with Crippen molar-refractivity contribution >= 4 is 0 Å². The Morgan fingerprint density at radius 2 is 2.00 bits per heavy atom. The summed E-state index contributed by atoms with van der Waals surface area (Å²) >= 11 is 0. The molecule has 4 heteroatoms. The molecule has 3 rings (SSSR count). The summed E-state index contributed by atoms with van der Waals surface area (Å²) in [4.78, 5) is 0. The fourth-order valence-electron chi connectivity index (χ4n) is 2.94. The zero-order chi connectivity index (χ0) is 15.5. The van der Waals surface area contributed by atoms with E-state index >= 15 is 0 Å². The van der Waals surface area contributed by atoms with E-state index < -0.39 is 0 Å². The fourth-order valence-corrected chi connectivity index (χ4v) is 2.94. The second-order valence-corrected chi connectivity index (χ2v) is 5.62. The summed E-state index contributed by atoms with van der Waals surface area (Å²) in [5, 5.41) is 12.8. The third-order valence-electron chi connectivity index (χ3n) is 4.11. The number of rotatable bonds is 3. The molecule has 22 heavy (non-hydrogen) atoms. The maximum atomic E-state index is 13.3. The molecule has 2 N–H and O–H groups in total. The predicted octanol–water partition coefficient (Wildman–Crippen LogP) is 3.03. The predicted molar refractivity (Wildman–Crippen MR) is 83.9 cm³/mol. The molecule has 2 atom stereocenters. The van der Waals surface area contributed by atoms with Crippen molar-refractivity contribution in [2.45, 2.75) is 25.7 Å². The lowest BCUT2D eigenvalue weighted by Crippen LogP contribution is -2.41. The second-order valence-electron chi connectivity index (χ2n) is 5.62. The Balaban J connectivity index is 1.88. The average molecular weight is 301 g/mol. The van der Waals surface area contributed by atoms with Gasteiger partial charge in [-0.3, -0.25) is 0 Å². The first-order valence-electron chi connectivity index (χ1n) is 7.53. The minimum Gasteiger partial charge on any atom is -0.392 e. The number of aliphatic hydroxyl groups excluding tert-OH is 1. The standard InChI is InChI=1S/C18H20FNO2/c1-12-18(22-9-8-20-12)14-4-2-13(3-5-14)17-7-6-16(19)10-15(17)11-21/h2-7,10,12,18,20-21H,8-9,11H2,1H3/t12-,18+/m0/s1. The van der Waals surface area contributed by atoms with Gasteiger partial charge in [0.2, 0.25) is 0 Å². The topological polar surface area (TPSA) is 41.5 Å². The molecule has 1 fully saturated rings. The van der Waals surface area contributed by atoms with E-state index in [2.05, 4.69) is 12.2 Å². The first kappa shape index (κ1) is 15.2. The molecular weight excluding hydrogens is 281 g/mol. The lowest BCUT2D eigenvalue weighted by molar-refractivity contribution is -0.000215. The van der Waals surface area contributed by atoms with E-state index in [0.717, 1.165) is 23.2 Å². The molecule has 2 aromatic rings. The van der Waals surface area contributed by atoms with E-state index in [-0.39, 0.29) is 24.6 Å². The number of benzene rings is 2. The van der Waals surface area contributed by atoms with Crippen LogP contribution in [0.4, 0.5) is 4.39 Å². The molecule has 0 radical (unpaired) electrons. The van der Waals surface area contributed by atoms with Gasteiger partial charge in [0.25, 0.3) is 0 Å². The molecule has 0 saturated carbocycles. The third kappa shape index (κ3) is 3.04. The SMILES string of the molecule is C[C@@H]1NCCO[C@H]1c1ccc(-c2ccc(F)cc2CO)cc1. The molecule has 2 aromatic carbocycles. The molecule has 0 spiro atoms. The van der Waals surface area contributed by atoms with E-state index in [9.17, 15) is 9.50 Å². The van der Waals surface area contributed by atoms with Gasteiger partial charge in [-0.05, 0) is 41.3 Å². The Morgan fingerprint density at radius 3 is 2.68 bits per heavy atom. The maximum Gasteiger partial charge on any atom is 0.123 e. The fraction of sp³-hybridized carbons (Fsp3) is 0.333. The Labute approximate surface area is 129 Å². The van der Waals surface area contributed by atoms with E-state index in [4.69, 9.17) is 4.74 Å². The van der Waals surface area contributed by atoms with Gasteiger partial charge in [-0.15, -0.1) is 0 Å². The third-order valence-corrected chi connectivity index (χ3v) is 4.11. The van der Waals surface area contributed by atoms with Gasteiger partial charge < -0.3 is 15.2 Å². The molecular formula is C18H20FNO2. The zero-order valence-electron chi connectivity index (χ0n) is 12.6. The summed E-state index contributed by atoms with van der Waals surface area (Å²) in [6.07, 6.45) is 0.0494. The highest BCUT2D eigenvalue weighted by molar-refractivity contribution is 5.67. The van der Waals surface area contributed by atoms with Crippen LogP contribution in [-0.2, 0) is 11.3 Å². The van der Waals surface area contributed by atoms with E-state index in [1.807, 2.05) is 24.3 Å². The average Bonchev–Trinajstić information content (AvgIpc) is 2.55. The summed E-state index contributed by atoms with van der Waals surface area (Å²) in [5.41, 5.74) is 3.53. The van der Waals surface area contributed by atoms with Crippen LogP contribution in [0.15, 0.2) is 42.5 Å². The van der Waals surface area contributed by atoms with Gasteiger partial charge in [-0.1, -0.05) is 30.3 Å². The van der Waals surface area contributed by atoms with E-state index in [0.29, 0.717) is 12.2 Å². The Bertz CT molecular complexity index is 642. The number of aliphatic hydroxyl groups is 1. The van der Waals surface area contributed by atoms with Gasteiger partial charge in [0.05, 0.1) is 19.3 Å². The molecule has 0 aromatic heterocycles. The Kier molecular flexibility index (Phi) is 4.52. The highest BCUT2D eigenvalue weighted by Crippen LogP contribution is 2.29. The number of nitrogens with one attached hydrogen (secondary N) is 1. The zero-order valence-corrected chi connectivity index (χ0v) is 12.6. The highest BCUT2D eigenvalue weighted by atomic mass is 19.1. The number of ether oxygens (including phenoxy) is 1. The van der Waals surface area contributed by atoms with Crippen molar-refractivity contribution in [1.29, 1.82) is 0 Å². The summed E-state index contributed by atoms with van der Waals surface area (Å²) in [5.74, 6) is -0.333. The van der Waals surface area contributed by atoms with Crippen LogP contribution in [0.25, 0.3) is 11.1 Å². The van der Waals surface area contributed by atoms with Gasteiger partial charge in [0.15, 0.2) is 0 Å². The lowest BCUT2D eigenvalue weighted by atomic mass is 9.96. The van der Waals surface area contributed by atoms with Crippen molar-refractivity contribution < 1.29 is 14.2 Å². The Hall–Kier alpha value is -1.75. The summed E-state index contributed by atoms with van der Waals surface area (Å²) in [7, 11) is 0. The molecule has 0 aliphatic carbocycles. The number of hydrogen-bond acceptors (Lipinski definition) is 3. The normalized spacial score (nSPS) is 21.8. The summed E-state index contributed by atoms with van der Waals surface area (Å²) in [6, 6.07) is 12.8. The number of hydrogen-bond donors (Lipinski definition) is 2. The summed E-state index contributed by atoms with van der Waals surface area (Å²) < 4.78 is 19.1. The van der Waals surface area contributed by atoms with Crippen molar-refractivity contribution in [1.82, 2.24) is 5.32 Å². The second kappa shape index (κ2) is 6.57. The van der Waals surface area contributed by atoms with Crippen LogP contribution < -0.4 is 5.32 Å². The molecule has 1 heterocycles. The largest absolute Gasteiger partial charge is 0.392 e. The molecule has 0 unspecified atom stereocenters. The quantitative estimate of drug-likeness (QED) is 0.915. The van der Waals surface area contributed by atoms with Crippen molar-refractivity contribution in [3.63, 3.8) is 0 Å². The first-order valence-corrected chi connectivity index (χ1v) is 7.53. The highest BCUT2D eigenvalue weighted by Gasteiger charge is 2.23. The van der Waals surface area contributed by atoms with Crippen LogP contribution in [0.1, 0.15) is 24.2 Å². The summed E-state index contributed by atoms with van der Waals surface area (Å²) in [6.45, 7) is 3.53. The minimum atomic E-state index is -0.333. The van der Waals surface area contributed by atoms with Crippen LogP contribution in [0.2, 0.25) is 0 Å². The molecule has 1 aliphatic heterocycles. The molecule has 1 saturated heterocycles. The first-order chi connectivity index (χ1) is 10.7. The number of halogens is 1. The molecule has 0 amide bonds. The van der Waals surface area contributed by atoms with Crippen LogP contribution in [-0.4, -0.2) is 24.3 Å². The van der Waals surface area contributed by atoms with Crippen LogP contribution in [0.3, 0.4) is 0 Å². The van der Waals surface area contributed by atoms with Crippen molar-refractivity contribution in [3.05, 3.63) is 59.4 Å². The van der Waals surface area contributed by atoms with Crippen molar-refractivity contribution in [2.24, 2.45) is 0 Å². The van der Waals surface area contributed by atoms with Gasteiger partial charge in [-0.2, -0.15) is 0 Å². The van der Waals surface area contributed by atoms with E-state index in [1.54, 1.807) is 6.07 Å². The molecule has 116 valence electrons. The molecule has 0 bridgehead atoms. The van der Waals surface area contributed by atoms with Crippen LogP contribution in [0, 0.1) is 5.82 Å². The molecule has 1 aliphatic rings. The minimum absolute atomic E-state index is 0.0494. The van der Waals surface area contributed by atoms with Crippen molar-refractivity contribution in [2.75, 3.05) is 13.2 Å². The lowest BCUT2D eigenvalue weighted by Gasteiger charge is -2.30. The maximum absolute atomic E-state index is 13.3. The van der Waals surface area contributed by atoms with Gasteiger partial charge in [-0.25, -0.2) is 4.39 Å². The van der Waals surface area contributed by atoms with Gasteiger partial charge in [0.1, 0.15) is 5.82 Å². The Morgan fingerprint density at radius 1 is 1.23 bits per heavy atom. The van der Waals surface area contributed by atoms with Crippen LogP contribution >= 0.6 is 0 Å². The van der Waals surface area contributed by atoms with E-state index in [1.165, 1.54) is 12.1 Å².